The van der Waals surface area contributed by atoms with E-state index in [4.69, 9.17) is 5.73 Å². The molecule has 0 spiro atoms. The van der Waals surface area contributed by atoms with Gasteiger partial charge in [0, 0.05) is 6.42 Å². The van der Waals surface area contributed by atoms with Crippen LogP contribution in [0.15, 0.2) is 53.3 Å². The van der Waals surface area contributed by atoms with Crippen molar-refractivity contribution in [1.82, 2.24) is 9.55 Å². The normalized spacial score (nSPS) is 10.5. The number of nitrogens with zero attached hydrogens (tertiary/aromatic N) is 3. The SMILES string of the molecule is N#Cc1cccc2nc(CCN)n(-c3ccccc3)c(=O)c12. The number of nitriles is 1. The fourth-order valence-corrected chi connectivity index (χ4v) is 2.51. The number of aromatic nitrogens is 2. The molecule has 0 bridgehead atoms. The van der Waals surface area contributed by atoms with E-state index in [2.05, 4.69) is 11.1 Å². The van der Waals surface area contributed by atoms with E-state index in [1.165, 1.54) is 4.57 Å². The van der Waals surface area contributed by atoms with Crippen LogP contribution >= 0.6 is 0 Å². The van der Waals surface area contributed by atoms with Gasteiger partial charge >= 0.3 is 0 Å². The van der Waals surface area contributed by atoms with Crippen LogP contribution in [-0.2, 0) is 6.42 Å². The molecule has 0 fully saturated rings. The first-order chi connectivity index (χ1) is 10.8. The van der Waals surface area contributed by atoms with Crippen LogP contribution < -0.4 is 11.3 Å². The summed E-state index contributed by atoms with van der Waals surface area (Å²) in [5, 5.41) is 9.59. The van der Waals surface area contributed by atoms with E-state index >= 15 is 0 Å². The topological polar surface area (TPSA) is 84.7 Å². The molecule has 0 aliphatic carbocycles. The zero-order chi connectivity index (χ0) is 15.5. The lowest BCUT2D eigenvalue weighted by atomic mass is 10.1. The van der Waals surface area contributed by atoms with Crippen molar-refractivity contribution in [2.24, 2.45) is 5.73 Å². The third-order valence-electron chi connectivity index (χ3n) is 3.47. The molecule has 3 aromatic rings. The molecule has 0 unspecified atom stereocenters. The van der Waals surface area contributed by atoms with Crippen LogP contribution in [0.1, 0.15) is 11.4 Å². The quantitative estimate of drug-likeness (QED) is 0.796. The van der Waals surface area contributed by atoms with E-state index < -0.39 is 0 Å². The minimum absolute atomic E-state index is 0.239. The van der Waals surface area contributed by atoms with E-state index in [1.807, 2.05) is 30.3 Å². The van der Waals surface area contributed by atoms with Gasteiger partial charge in [-0.15, -0.1) is 0 Å². The molecule has 0 atom stereocenters. The summed E-state index contributed by atoms with van der Waals surface area (Å²) < 4.78 is 1.54. The van der Waals surface area contributed by atoms with Gasteiger partial charge in [0.2, 0.25) is 0 Å². The minimum atomic E-state index is -0.239. The monoisotopic (exact) mass is 290 g/mol. The second-order valence-corrected chi connectivity index (χ2v) is 4.85. The standard InChI is InChI=1S/C17H14N4O/c18-10-9-15-20-14-8-4-5-12(11-19)16(14)17(22)21(15)13-6-2-1-3-7-13/h1-8H,9-10,18H2. The van der Waals surface area contributed by atoms with Crippen molar-refractivity contribution in [2.75, 3.05) is 6.54 Å². The number of para-hydroxylation sites is 1. The molecule has 0 amide bonds. The second-order valence-electron chi connectivity index (χ2n) is 4.85. The van der Waals surface area contributed by atoms with Crippen molar-refractivity contribution >= 4 is 10.9 Å². The van der Waals surface area contributed by atoms with Crippen LogP contribution in [0.4, 0.5) is 0 Å². The Hall–Kier alpha value is -2.97. The lowest BCUT2D eigenvalue weighted by Crippen LogP contribution is -2.26. The molecule has 108 valence electrons. The van der Waals surface area contributed by atoms with Crippen LogP contribution in [0.3, 0.4) is 0 Å². The molecule has 22 heavy (non-hydrogen) atoms. The van der Waals surface area contributed by atoms with Crippen LogP contribution in [0.5, 0.6) is 0 Å². The molecule has 0 saturated heterocycles. The van der Waals surface area contributed by atoms with Gasteiger partial charge in [-0.2, -0.15) is 5.26 Å². The third-order valence-corrected chi connectivity index (χ3v) is 3.47. The summed E-state index contributed by atoms with van der Waals surface area (Å²) in [7, 11) is 0. The number of benzene rings is 2. The maximum Gasteiger partial charge on any atom is 0.267 e. The molecule has 0 saturated carbocycles. The van der Waals surface area contributed by atoms with Gasteiger partial charge in [-0.05, 0) is 30.8 Å². The van der Waals surface area contributed by atoms with E-state index in [-0.39, 0.29) is 5.56 Å². The van der Waals surface area contributed by atoms with Crippen molar-refractivity contribution in [3.63, 3.8) is 0 Å². The van der Waals surface area contributed by atoms with Gasteiger partial charge < -0.3 is 5.73 Å². The van der Waals surface area contributed by atoms with Gasteiger partial charge in [-0.1, -0.05) is 24.3 Å². The van der Waals surface area contributed by atoms with E-state index in [9.17, 15) is 10.1 Å². The first-order valence-electron chi connectivity index (χ1n) is 6.96. The highest BCUT2D eigenvalue weighted by molar-refractivity contribution is 5.84. The van der Waals surface area contributed by atoms with Crippen molar-refractivity contribution in [3.05, 3.63) is 70.3 Å². The first kappa shape index (κ1) is 14.0. The van der Waals surface area contributed by atoms with Gasteiger partial charge in [0.05, 0.1) is 22.2 Å². The Morgan fingerprint density at radius 3 is 2.59 bits per heavy atom. The smallest absolute Gasteiger partial charge is 0.267 e. The molecule has 0 radical (unpaired) electrons. The molecule has 5 heteroatoms. The lowest BCUT2D eigenvalue weighted by Gasteiger charge is -2.13. The Kier molecular flexibility index (Phi) is 3.69. The first-order valence-corrected chi connectivity index (χ1v) is 6.96. The molecule has 1 heterocycles. The summed E-state index contributed by atoms with van der Waals surface area (Å²) in [5.41, 5.74) is 6.99. The van der Waals surface area contributed by atoms with Gasteiger partial charge in [-0.25, -0.2) is 4.98 Å². The minimum Gasteiger partial charge on any atom is -0.330 e. The maximum absolute atomic E-state index is 12.9. The average molecular weight is 290 g/mol. The Morgan fingerprint density at radius 1 is 1.14 bits per heavy atom. The average Bonchev–Trinajstić information content (AvgIpc) is 2.55. The van der Waals surface area contributed by atoms with E-state index in [1.54, 1.807) is 18.2 Å². The predicted molar refractivity (Wildman–Crippen MR) is 84.8 cm³/mol. The van der Waals surface area contributed by atoms with E-state index in [0.29, 0.717) is 35.3 Å². The Labute approximate surface area is 127 Å². The van der Waals surface area contributed by atoms with Crippen LogP contribution in [0.2, 0.25) is 0 Å². The summed E-state index contributed by atoms with van der Waals surface area (Å²) in [5.74, 6) is 0.598. The fourth-order valence-electron chi connectivity index (χ4n) is 2.51. The predicted octanol–water partition coefficient (Wildman–Crippen LogP) is 1.76. The summed E-state index contributed by atoms with van der Waals surface area (Å²) in [6.45, 7) is 0.392. The number of rotatable bonds is 3. The Bertz CT molecular complexity index is 923. The van der Waals surface area contributed by atoms with Crippen molar-refractivity contribution in [1.29, 1.82) is 5.26 Å². The van der Waals surface area contributed by atoms with Crippen molar-refractivity contribution < 1.29 is 0 Å². The van der Waals surface area contributed by atoms with Crippen molar-refractivity contribution in [3.8, 4) is 11.8 Å². The summed E-state index contributed by atoms with van der Waals surface area (Å²) in [4.78, 5) is 17.5. The molecule has 2 aromatic carbocycles. The number of hydrogen-bond donors (Lipinski definition) is 1. The molecule has 3 rings (SSSR count). The van der Waals surface area contributed by atoms with Gasteiger partial charge in [0.25, 0.3) is 5.56 Å². The van der Waals surface area contributed by atoms with Crippen LogP contribution in [0, 0.1) is 11.3 Å². The highest BCUT2D eigenvalue weighted by atomic mass is 16.1. The largest absolute Gasteiger partial charge is 0.330 e. The van der Waals surface area contributed by atoms with Crippen LogP contribution in [0.25, 0.3) is 16.6 Å². The van der Waals surface area contributed by atoms with Gasteiger partial charge in [-0.3, -0.25) is 9.36 Å². The van der Waals surface area contributed by atoms with Gasteiger partial charge in [0.1, 0.15) is 11.9 Å². The Morgan fingerprint density at radius 2 is 1.91 bits per heavy atom. The molecule has 5 nitrogen and oxygen atoms in total. The lowest BCUT2D eigenvalue weighted by molar-refractivity contribution is 0.796. The molecule has 0 aliphatic heterocycles. The molecular weight excluding hydrogens is 276 g/mol. The van der Waals surface area contributed by atoms with Crippen LogP contribution in [-0.4, -0.2) is 16.1 Å². The number of fused-ring (bicyclic) bond motifs is 1. The zero-order valence-corrected chi connectivity index (χ0v) is 11.9. The molecular formula is C17H14N4O. The molecule has 1 aromatic heterocycles. The second kappa shape index (κ2) is 5.80. The summed E-state index contributed by atoms with van der Waals surface area (Å²) >= 11 is 0. The zero-order valence-electron chi connectivity index (χ0n) is 11.9. The fraction of sp³-hybridized carbons (Fsp3) is 0.118. The van der Waals surface area contributed by atoms with Gasteiger partial charge in [0.15, 0.2) is 0 Å². The summed E-state index contributed by atoms with van der Waals surface area (Å²) in [6.07, 6.45) is 0.483. The number of nitrogens with two attached hydrogens (primary N) is 1. The third kappa shape index (κ3) is 2.26. The van der Waals surface area contributed by atoms with Crippen molar-refractivity contribution in [2.45, 2.75) is 6.42 Å². The molecule has 0 aliphatic rings. The maximum atomic E-state index is 12.9. The number of hydrogen-bond acceptors (Lipinski definition) is 4. The Balaban J connectivity index is 2.44. The highest BCUT2D eigenvalue weighted by Crippen LogP contribution is 2.16. The molecule has 2 N–H and O–H groups in total. The highest BCUT2D eigenvalue weighted by Gasteiger charge is 2.14. The summed E-state index contributed by atoms with van der Waals surface area (Å²) in [6, 6.07) is 16.4. The van der Waals surface area contributed by atoms with E-state index in [0.717, 1.165) is 5.69 Å².